The summed E-state index contributed by atoms with van der Waals surface area (Å²) in [5, 5.41) is 12.6. The van der Waals surface area contributed by atoms with Crippen molar-refractivity contribution in [2.75, 3.05) is 7.11 Å². The Balaban J connectivity index is 1.79. The third-order valence-corrected chi connectivity index (χ3v) is 5.38. The number of carbonyl (C=O) groups excluding carboxylic acids is 1. The Bertz CT molecular complexity index is 982. The number of hydrogen-bond donors (Lipinski definition) is 1. The smallest absolute Gasteiger partial charge is 0.269 e. The van der Waals surface area contributed by atoms with E-state index in [-0.39, 0.29) is 17.6 Å². The average Bonchev–Trinajstić information content (AvgIpc) is 3.12. The van der Waals surface area contributed by atoms with Crippen LogP contribution in [0.2, 0.25) is 0 Å². The quantitative estimate of drug-likeness (QED) is 0.646. The number of nitrogens with one attached hydrogen (secondary N) is 1. The Morgan fingerprint density at radius 2 is 2.00 bits per heavy atom. The lowest BCUT2D eigenvalue weighted by Crippen LogP contribution is -2.39. The Kier molecular flexibility index (Phi) is 4.50. The third kappa shape index (κ3) is 2.89. The van der Waals surface area contributed by atoms with Gasteiger partial charge in [0.15, 0.2) is 0 Å². The molecule has 1 amide bonds. The molecule has 0 fully saturated rings. The number of carbonyl (C=O) groups is 1. The molecule has 4 rings (SSSR count). The normalized spacial score (nSPS) is 17.6. The van der Waals surface area contributed by atoms with E-state index in [2.05, 4.69) is 5.43 Å². The van der Waals surface area contributed by atoms with Crippen LogP contribution in [0.3, 0.4) is 0 Å². The van der Waals surface area contributed by atoms with Gasteiger partial charge in [-0.05, 0) is 59.9 Å². The fraction of sp³-hybridized carbons (Fsp3) is 0.286. The fourth-order valence-electron chi connectivity index (χ4n) is 3.97. The number of methoxy groups -OCH3 is 1. The van der Waals surface area contributed by atoms with Crippen molar-refractivity contribution >= 4 is 17.3 Å². The number of hydrogen-bond acceptors (Lipinski definition) is 5. The van der Waals surface area contributed by atoms with Gasteiger partial charge in [0.05, 0.1) is 17.7 Å². The molecule has 144 valence electrons. The summed E-state index contributed by atoms with van der Waals surface area (Å²) in [5.74, 6) is 0.794. The molecular weight excluding hydrogens is 358 g/mol. The van der Waals surface area contributed by atoms with Crippen molar-refractivity contribution in [2.45, 2.75) is 32.2 Å². The molecule has 2 aromatic rings. The van der Waals surface area contributed by atoms with Gasteiger partial charge in [-0.1, -0.05) is 6.92 Å². The first-order valence-electron chi connectivity index (χ1n) is 9.27. The molecule has 1 aliphatic heterocycles. The maximum absolute atomic E-state index is 12.6. The van der Waals surface area contributed by atoms with Crippen molar-refractivity contribution in [1.82, 2.24) is 10.4 Å². The molecule has 0 radical (unpaired) electrons. The highest BCUT2D eigenvalue weighted by atomic mass is 16.6. The maximum Gasteiger partial charge on any atom is 0.269 e. The summed E-state index contributed by atoms with van der Waals surface area (Å²) in [6, 6.07) is 12.2. The number of rotatable bonds is 4. The molecule has 0 aromatic heterocycles. The lowest BCUT2D eigenvalue weighted by molar-refractivity contribution is -0.384. The Morgan fingerprint density at radius 3 is 2.64 bits per heavy atom. The summed E-state index contributed by atoms with van der Waals surface area (Å²) in [6.45, 7) is 1.83. The van der Waals surface area contributed by atoms with Gasteiger partial charge in [0.1, 0.15) is 11.8 Å². The van der Waals surface area contributed by atoms with Gasteiger partial charge in [-0.3, -0.25) is 20.3 Å². The van der Waals surface area contributed by atoms with Crippen LogP contribution >= 0.6 is 0 Å². The van der Waals surface area contributed by atoms with E-state index in [1.807, 2.05) is 25.1 Å². The molecule has 1 heterocycles. The number of nitro groups is 1. The van der Waals surface area contributed by atoms with E-state index in [4.69, 9.17) is 4.74 Å². The highest BCUT2D eigenvalue weighted by molar-refractivity contribution is 5.83. The summed E-state index contributed by atoms with van der Waals surface area (Å²) >= 11 is 0. The van der Waals surface area contributed by atoms with Crippen LogP contribution in [0.15, 0.2) is 48.0 Å². The molecular formula is C21H21N3O4. The molecule has 1 atom stereocenters. The standard InChI is InChI=1S/C21H21N3O4/c1-3-19(25)23-21(13-4-7-15(8-5-13)24(26)27)18-10-6-14-12-16(28-2)9-11-17(14)20(18)22-23/h4-5,7-9,11-12,21-22H,3,6,10H2,1-2H3/t21-/m1/s1. The van der Waals surface area contributed by atoms with Crippen LogP contribution in [0.25, 0.3) is 5.70 Å². The number of fused-ring (bicyclic) bond motifs is 2. The Morgan fingerprint density at radius 1 is 1.25 bits per heavy atom. The van der Waals surface area contributed by atoms with E-state index in [1.165, 1.54) is 17.7 Å². The van der Waals surface area contributed by atoms with Gasteiger partial charge >= 0.3 is 0 Å². The molecule has 2 aliphatic rings. The Hall–Kier alpha value is -3.35. The van der Waals surface area contributed by atoms with Crippen molar-refractivity contribution < 1.29 is 14.5 Å². The van der Waals surface area contributed by atoms with Crippen LogP contribution in [0.1, 0.15) is 42.5 Å². The van der Waals surface area contributed by atoms with Gasteiger partial charge in [-0.15, -0.1) is 0 Å². The summed E-state index contributed by atoms with van der Waals surface area (Å²) in [7, 11) is 1.65. The molecule has 28 heavy (non-hydrogen) atoms. The van der Waals surface area contributed by atoms with Gasteiger partial charge in [-0.25, -0.2) is 5.01 Å². The van der Waals surface area contributed by atoms with Crippen molar-refractivity contribution in [2.24, 2.45) is 0 Å². The summed E-state index contributed by atoms with van der Waals surface area (Å²) in [6.07, 6.45) is 2.02. The Labute approximate surface area is 162 Å². The average molecular weight is 379 g/mol. The first-order chi connectivity index (χ1) is 13.5. The first kappa shape index (κ1) is 18.0. The summed E-state index contributed by atoms with van der Waals surface area (Å²) < 4.78 is 5.33. The molecule has 1 N–H and O–H groups in total. The van der Waals surface area contributed by atoms with Gasteiger partial charge in [-0.2, -0.15) is 0 Å². The monoisotopic (exact) mass is 379 g/mol. The van der Waals surface area contributed by atoms with Crippen molar-refractivity contribution in [3.63, 3.8) is 0 Å². The van der Waals surface area contributed by atoms with E-state index in [1.54, 1.807) is 24.3 Å². The number of nitrogens with zero attached hydrogens (tertiary/aromatic N) is 2. The van der Waals surface area contributed by atoms with Gasteiger partial charge < -0.3 is 4.74 Å². The van der Waals surface area contributed by atoms with Crippen molar-refractivity contribution in [3.8, 4) is 5.75 Å². The highest BCUT2D eigenvalue weighted by Gasteiger charge is 2.39. The molecule has 0 saturated carbocycles. The predicted octanol–water partition coefficient (Wildman–Crippen LogP) is 3.76. The number of hydrazine groups is 1. The molecule has 7 heteroatoms. The lowest BCUT2D eigenvalue weighted by atomic mass is 9.85. The van der Waals surface area contributed by atoms with E-state index in [0.29, 0.717) is 6.42 Å². The summed E-state index contributed by atoms with van der Waals surface area (Å²) in [5.41, 5.74) is 8.55. The van der Waals surface area contributed by atoms with Gasteiger partial charge in [0.25, 0.3) is 5.69 Å². The lowest BCUT2D eigenvalue weighted by Gasteiger charge is -2.26. The predicted molar refractivity (Wildman–Crippen MR) is 104 cm³/mol. The largest absolute Gasteiger partial charge is 0.497 e. The van der Waals surface area contributed by atoms with Crippen LogP contribution in [0.4, 0.5) is 5.69 Å². The van der Waals surface area contributed by atoms with Crippen LogP contribution in [-0.2, 0) is 11.2 Å². The highest BCUT2D eigenvalue weighted by Crippen LogP contribution is 2.45. The van der Waals surface area contributed by atoms with Crippen LogP contribution in [0, 0.1) is 10.1 Å². The minimum Gasteiger partial charge on any atom is -0.497 e. The number of ether oxygens (including phenoxy) is 1. The van der Waals surface area contributed by atoms with E-state index < -0.39 is 4.92 Å². The molecule has 0 spiro atoms. The van der Waals surface area contributed by atoms with Crippen molar-refractivity contribution in [1.29, 1.82) is 0 Å². The number of aryl methyl sites for hydroxylation is 1. The molecule has 7 nitrogen and oxygen atoms in total. The van der Waals surface area contributed by atoms with E-state index in [0.717, 1.165) is 41.0 Å². The molecule has 0 unspecified atom stereocenters. The number of nitro benzene ring substituents is 1. The molecule has 0 bridgehead atoms. The minimum absolute atomic E-state index is 0.0205. The zero-order valence-corrected chi connectivity index (χ0v) is 15.8. The molecule has 1 aliphatic carbocycles. The van der Waals surface area contributed by atoms with Crippen LogP contribution in [-0.4, -0.2) is 22.9 Å². The zero-order valence-electron chi connectivity index (χ0n) is 15.8. The number of amides is 1. The number of benzene rings is 2. The SMILES string of the molecule is CCC(=O)N1NC2=C(CCc3cc(OC)ccc32)[C@H]1c1ccc([N+](=O)[O-])cc1. The molecule has 0 saturated heterocycles. The van der Waals surface area contributed by atoms with E-state index in [9.17, 15) is 14.9 Å². The second kappa shape index (κ2) is 6.99. The zero-order chi connectivity index (χ0) is 19.8. The third-order valence-electron chi connectivity index (χ3n) is 5.38. The maximum atomic E-state index is 12.6. The molecule has 2 aromatic carbocycles. The van der Waals surface area contributed by atoms with Gasteiger partial charge in [0.2, 0.25) is 5.91 Å². The summed E-state index contributed by atoms with van der Waals surface area (Å²) in [4.78, 5) is 23.2. The second-order valence-electron chi connectivity index (χ2n) is 6.90. The van der Waals surface area contributed by atoms with Crippen molar-refractivity contribution in [3.05, 3.63) is 74.8 Å². The van der Waals surface area contributed by atoms with E-state index >= 15 is 0 Å². The fourth-order valence-corrected chi connectivity index (χ4v) is 3.97. The topological polar surface area (TPSA) is 84.7 Å². The van der Waals surface area contributed by atoms with Crippen LogP contribution in [0.5, 0.6) is 5.75 Å². The first-order valence-corrected chi connectivity index (χ1v) is 9.27. The minimum atomic E-state index is -0.416. The second-order valence-corrected chi connectivity index (χ2v) is 6.90. The van der Waals surface area contributed by atoms with Crippen LogP contribution < -0.4 is 10.2 Å². The van der Waals surface area contributed by atoms with Gasteiger partial charge in [0, 0.05) is 24.1 Å². The number of non-ortho nitro benzene ring substituents is 1.